The molecule has 6 nitrogen and oxygen atoms in total. The Bertz CT molecular complexity index is 936. The van der Waals surface area contributed by atoms with E-state index in [0.717, 1.165) is 11.3 Å². The topological polar surface area (TPSA) is 77.8 Å². The number of furan rings is 1. The zero-order valence-corrected chi connectivity index (χ0v) is 15.2. The molecule has 27 heavy (non-hydrogen) atoms. The summed E-state index contributed by atoms with van der Waals surface area (Å²) in [5.74, 6) is 0.266. The molecular formula is C20H16ClNO5. The average Bonchev–Trinajstić information content (AvgIpc) is 3.22. The molecule has 0 aliphatic carbocycles. The number of rotatable bonds is 6. The number of carbonyl (C=O) groups is 2. The molecule has 0 aliphatic heterocycles. The molecule has 0 atom stereocenters. The quantitative estimate of drug-likeness (QED) is 0.636. The molecule has 0 aliphatic rings. The number of benzene rings is 2. The number of anilines is 1. The van der Waals surface area contributed by atoms with Gasteiger partial charge in [-0.15, -0.1) is 0 Å². The summed E-state index contributed by atoms with van der Waals surface area (Å²) in [6, 6.07) is 15.3. The Morgan fingerprint density at radius 2 is 1.89 bits per heavy atom. The van der Waals surface area contributed by atoms with E-state index in [1.54, 1.807) is 24.5 Å². The highest BCUT2D eigenvalue weighted by Crippen LogP contribution is 2.23. The van der Waals surface area contributed by atoms with Crippen LogP contribution in [0.15, 0.2) is 65.3 Å². The van der Waals surface area contributed by atoms with Crippen molar-refractivity contribution in [2.45, 2.75) is 0 Å². The van der Waals surface area contributed by atoms with E-state index in [4.69, 9.17) is 25.5 Å². The van der Waals surface area contributed by atoms with Gasteiger partial charge in [-0.05, 0) is 54.6 Å². The van der Waals surface area contributed by atoms with Gasteiger partial charge in [0, 0.05) is 10.6 Å². The van der Waals surface area contributed by atoms with Gasteiger partial charge in [-0.1, -0.05) is 11.6 Å². The minimum Gasteiger partial charge on any atom is -0.484 e. The Morgan fingerprint density at radius 3 is 2.56 bits per heavy atom. The third kappa shape index (κ3) is 4.68. The molecule has 138 valence electrons. The van der Waals surface area contributed by atoms with Gasteiger partial charge in [0.25, 0.3) is 5.91 Å². The highest BCUT2D eigenvalue weighted by molar-refractivity contribution is 6.31. The van der Waals surface area contributed by atoms with Crippen LogP contribution in [0.5, 0.6) is 5.75 Å². The molecule has 0 fully saturated rings. The number of hydrogen-bond donors (Lipinski definition) is 1. The van der Waals surface area contributed by atoms with Gasteiger partial charge in [-0.2, -0.15) is 0 Å². The van der Waals surface area contributed by atoms with Gasteiger partial charge in [-0.3, -0.25) is 4.79 Å². The van der Waals surface area contributed by atoms with Crippen molar-refractivity contribution < 1.29 is 23.5 Å². The van der Waals surface area contributed by atoms with Crippen LogP contribution in [0.3, 0.4) is 0 Å². The summed E-state index contributed by atoms with van der Waals surface area (Å²) in [6.45, 7) is -0.219. The van der Waals surface area contributed by atoms with Crippen molar-refractivity contribution in [1.29, 1.82) is 0 Å². The van der Waals surface area contributed by atoms with E-state index in [2.05, 4.69) is 5.32 Å². The van der Waals surface area contributed by atoms with Crippen LogP contribution in [0.4, 0.5) is 5.69 Å². The summed E-state index contributed by atoms with van der Waals surface area (Å²) in [5.41, 5.74) is 1.37. The molecule has 2 aromatic carbocycles. The number of methoxy groups -OCH3 is 1. The SMILES string of the molecule is COC(=O)c1cc(Cl)ccc1NC(=O)COc1ccc(-c2ccco2)cc1. The van der Waals surface area contributed by atoms with Gasteiger partial charge in [-0.25, -0.2) is 4.79 Å². The van der Waals surface area contributed by atoms with E-state index in [1.807, 2.05) is 24.3 Å². The van der Waals surface area contributed by atoms with Gasteiger partial charge in [0.05, 0.1) is 24.6 Å². The van der Waals surface area contributed by atoms with Gasteiger partial charge < -0.3 is 19.2 Å². The van der Waals surface area contributed by atoms with E-state index >= 15 is 0 Å². The van der Waals surface area contributed by atoms with E-state index in [1.165, 1.54) is 19.2 Å². The first-order chi connectivity index (χ1) is 13.1. The van der Waals surface area contributed by atoms with E-state index in [-0.39, 0.29) is 12.2 Å². The lowest BCUT2D eigenvalue weighted by Gasteiger charge is -2.11. The minimum atomic E-state index is -0.595. The highest BCUT2D eigenvalue weighted by Gasteiger charge is 2.15. The molecule has 1 N–H and O–H groups in total. The summed E-state index contributed by atoms with van der Waals surface area (Å²) >= 11 is 5.89. The Labute approximate surface area is 160 Å². The molecule has 0 saturated carbocycles. The van der Waals surface area contributed by atoms with Gasteiger partial charge in [0.1, 0.15) is 11.5 Å². The lowest BCUT2D eigenvalue weighted by Crippen LogP contribution is -2.21. The molecule has 0 radical (unpaired) electrons. The van der Waals surface area contributed by atoms with Crippen molar-refractivity contribution in [3.8, 4) is 17.1 Å². The molecule has 0 saturated heterocycles. The highest BCUT2D eigenvalue weighted by atomic mass is 35.5. The maximum atomic E-state index is 12.2. The third-order valence-corrected chi connectivity index (χ3v) is 3.93. The molecule has 0 spiro atoms. The number of amides is 1. The predicted octanol–water partition coefficient (Wildman–Crippen LogP) is 4.40. The van der Waals surface area contributed by atoms with Crippen molar-refractivity contribution in [1.82, 2.24) is 0 Å². The third-order valence-electron chi connectivity index (χ3n) is 3.69. The second-order valence-corrected chi connectivity index (χ2v) is 5.96. The fourth-order valence-corrected chi connectivity index (χ4v) is 2.57. The first kappa shape index (κ1) is 18.5. The Balaban J connectivity index is 1.61. The van der Waals surface area contributed by atoms with Crippen LogP contribution in [-0.4, -0.2) is 25.6 Å². The zero-order valence-electron chi connectivity index (χ0n) is 14.4. The van der Waals surface area contributed by atoms with Crippen molar-refractivity contribution in [2.24, 2.45) is 0 Å². The normalized spacial score (nSPS) is 10.3. The number of hydrogen-bond acceptors (Lipinski definition) is 5. The molecule has 0 unspecified atom stereocenters. The van der Waals surface area contributed by atoms with Crippen LogP contribution in [-0.2, 0) is 9.53 Å². The fourth-order valence-electron chi connectivity index (χ4n) is 2.40. The molecule has 1 aromatic heterocycles. The minimum absolute atomic E-state index is 0.168. The van der Waals surface area contributed by atoms with Crippen LogP contribution in [0.2, 0.25) is 5.02 Å². The van der Waals surface area contributed by atoms with Crippen LogP contribution in [0.25, 0.3) is 11.3 Å². The van der Waals surface area contributed by atoms with E-state index in [0.29, 0.717) is 16.5 Å². The van der Waals surface area contributed by atoms with Crippen molar-refractivity contribution >= 4 is 29.2 Å². The largest absolute Gasteiger partial charge is 0.484 e. The van der Waals surface area contributed by atoms with Gasteiger partial charge >= 0.3 is 5.97 Å². The Morgan fingerprint density at radius 1 is 1.11 bits per heavy atom. The standard InChI is InChI=1S/C20H16ClNO5/c1-25-20(24)16-11-14(21)6-9-17(16)22-19(23)12-27-15-7-4-13(5-8-15)18-3-2-10-26-18/h2-11H,12H2,1H3,(H,22,23). The molecule has 0 bridgehead atoms. The first-order valence-corrected chi connectivity index (χ1v) is 8.39. The maximum absolute atomic E-state index is 12.2. The molecular weight excluding hydrogens is 370 g/mol. The summed E-state index contributed by atoms with van der Waals surface area (Å²) < 4.78 is 15.5. The summed E-state index contributed by atoms with van der Waals surface area (Å²) in [7, 11) is 1.25. The Hall–Kier alpha value is -3.25. The monoisotopic (exact) mass is 385 g/mol. The van der Waals surface area contributed by atoms with Crippen molar-refractivity contribution in [3.05, 3.63) is 71.4 Å². The second kappa shape index (κ2) is 8.42. The zero-order chi connectivity index (χ0) is 19.2. The number of esters is 1. The summed E-state index contributed by atoms with van der Waals surface area (Å²) in [6.07, 6.45) is 1.60. The van der Waals surface area contributed by atoms with Crippen molar-refractivity contribution in [2.75, 3.05) is 19.0 Å². The lowest BCUT2D eigenvalue weighted by atomic mass is 10.1. The van der Waals surface area contributed by atoms with Crippen molar-refractivity contribution in [3.63, 3.8) is 0 Å². The summed E-state index contributed by atoms with van der Waals surface area (Å²) in [5, 5.41) is 2.98. The van der Waals surface area contributed by atoms with Gasteiger partial charge in [0.15, 0.2) is 6.61 Å². The number of carbonyl (C=O) groups excluding carboxylic acids is 2. The fraction of sp³-hybridized carbons (Fsp3) is 0.100. The average molecular weight is 386 g/mol. The van der Waals surface area contributed by atoms with E-state index < -0.39 is 11.9 Å². The molecule has 3 aromatic rings. The predicted molar refractivity (Wildman–Crippen MR) is 101 cm³/mol. The maximum Gasteiger partial charge on any atom is 0.340 e. The lowest BCUT2D eigenvalue weighted by molar-refractivity contribution is -0.118. The second-order valence-electron chi connectivity index (χ2n) is 5.52. The van der Waals surface area contributed by atoms with Crippen LogP contribution < -0.4 is 10.1 Å². The van der Waals surface area contributed by atoms with E-state index in [9.17, 15) is 9.59 Å². The van der Waals surface area contributed by atoms with Gasteiger partial charge in [0.2, 0.25) is 0 Å². The molecule has 1 heterocycles. The molecule has 3 rings (SSSR count). The smallest absolute Gasteiger partial charge is 0.340 e. The van der Waals surface area contributed by atoms with Crippen LogP contribution in [0.1, 0.15) is 10.4 Å². The summed E-state index contributed by atoms with van der Waals surface area (Å²) in [4.78, 5) is 24.0. The first-order valence-electron chi connectivity index (χ1n) is 8.01. The Kier molecular flexibility index (Phi) is 5.78. The molecule has 7 heteroatoms. The molecule has 1 amide bonds. The number of nitrogens with one attached hydrogen (secondary N) is 1. The number of halogens is 1. The number of ether oxygens (including phenoxy) is 2. The van der Waals surface area contributed by atoms with Crippen LogP contribution in [0, 0.1) is 0 Å². The van der Waals surface area contributed by atoms with Crippen LogP contribution >= 0.6 is 11.6 Å².